The van der Waals surface area contributed by atoms with Gasteiger partial charge in [-0.1, -0.05) is 17.7 Å². The largest absolute Gasteiger partial charge is 0.390 e. The Balaban J connectivity index is 0.00000162. The molecular formula is C10H15Cl3N2O3S. The Morgan fingerprint density at radius 2 is 2.00 bits per heavy atom. The normalized spacial score (nSPS) is 22.4. The van der Waals surface area contributed by atoms with E-state index in [2.05, 4.69) is 10.0 Å². The lowest BCUT2D eigenvalue weighted by molar-refractivity contribution is 0.173. The van der Waals surface area contributed by atoms with Gasteiger partial charge in [-0.3, -0.25) is 0 Å². The Hall–Kier alpha value is -0.0800. The van der Waals surface area contributed by atoms with Gasteiger partial charge in [0.25, 0.3) is 0 Å². The van der Waals surface area contributed by atoms with Crippen LogP contribution in [0.15, 0.2) is 29.2 Å². The first kappa shape index (κ1) is 18.9. The summed E-state index contributed by atoms with van der Waals surface area (Å²) in [4.78, 5) is 0.101. The number of aliphatic hydroxyl groups excluding tert-OH is 1. The van der Waals surface area contributed by atoms with Crippen molar-refractivity contribution in [3.05, 3.63) is 29.3 Å². The average Bonchev–Trinajstić information content (AvgIpc) is 2.64. The van der Waals surface area contributed by atoms with Crippen LogP contribution in [0.1, 0.15) is 0 Å². The summed E-state index contributed by atoms with van der Waals surface area (Å²) in [7, 11) is -3.63. The second kappa shape index (κ2) is 7.64. The molecule has 2 atom stereocenters. The van der Waals surface area contributed by atoms with Crippen LogP contribution >= 0.6 is 36.4 Å². The highest BCUT2D eigenvalue weighted by atomic mass is 35.5. The van der Waals surface area contributed by atoms with Crippen LogP contribution in [0, 0.1) is 0 Å². The number of aliphatic hydroxyl groups is 1. The Labute approximate surface area is 129 Å². The Kier molecular flexibility index (Phi) is 7.60. The quantitative estimate of drug-likeness (QED) is 0.754. The van der Waals surface area contributed by atoms with E-state index in [0.717, 1.165) is 0 Å². The van der Waals surface area contributed by atoms with Crippen molar-refractivity contribution in [1.82, 2.24) is 10.0 Å². The van der Waals surface area contributed by atoms with Gasteiger partial charge in [0.05, 0.1) is 17.0 Å². The Morgan fingerprint density at radius 3 is 2.53 bits per heavy atom. The lowest BCUT2D eigenvalue weighted by atomic mass is 10.2. The molecule has 2 rings (SSSR count). The van der Waals surface area contributed by atoms with Gasteiger partial charge in [-0.15, -0.1) is 24.8 Å². The third-order valence-electron chi connectivity index (χ3n) is 2.60. The topological polar surface area (TPSA) is 78.4 Å². The van der Waals surface area contributed by atoms with Gasteiger partial charge >= 0.3 is 0 Å². The number of hydrogen-bond donors (Lipinski definition) is 3. The molecule has 1 heterocycles. The van der Waals surface area contributed by atoms with E-state index in [1.807, 2.05) is 0 Å². The van der Waals surface area contributed by atoms with Crippen molar-refractivity contribution in [2.24, 2.45) is 0 Å². The average molecular weight is 350 g/mol. The molecule has 0 unspecified atom stereocenters. The second-order valence-electron chi connectivity index (χ2n) is 3.91. The Morgan fingerprint density at radius 1 is 1.32 bits per heavy atom. The molecule has 1 fully saturated rings. The molecule has 0 aliphatic carbocycles. The van der Waals surface area contributed by atoms with Gasteiger partial charge in [-0.25, -0.2) is 13.1 Å². The first-order valence-electron chi connectivity index (χ1n) is 5.16. The van der Waals surface area contributed by atoms with E-state index in [-0.39, 0.29) is 29.7 Å². The van der Waals surface area contributed by atoms with Gasteiger partial charge in [0.15, 0.2) is 0 Å². The summed E-state index contributed by atoms with van der Waals surface area (Å²) < 4.78 is 26.4. The van der Waals surface area contributed by atoms with E-state index in [9.17, 15) is 13.5 Å². The van der Waals surface area contributed by atoms with Crippen molar-refractivity contribution >= 4 is 46.4 Å². The molecule has 1 aromatic rings. The summed E-state index contributed by atoms with van der Waals surface area (Å²) in [6.45, 7) is 0.809. The number of rotatable bonds is 3. The molecule has 1 aromatic carbocycles. The van der Waals surface area contributed by atoms with Crippen molar-refractivity contribution in [1.29, 1.82) is 0 Å². The molecule has 1 aliphatic heterocycles. The monoisotopic (exact) mass is 348 g/mol. The van der Waals surface area contributed by atoms with Crippen molar-refractivity contribution in [2.45, 2.75) is 17.0 Å². The number of hydrogen-bond acceptors (Lipinski definition) is 4. The van der Waals surface area contributed by atoms with E-state index in [0.29, 0.717) is 18.1 Å². The Bertz CT molecular complexity index is 512. The maximum absolute atomic E-state index is 12.0. The SMILES string of the molecule is Cl.Cl.O=S(=O)(N[C@@H]1CNC[C@H]1O)c1cccc(Cl)c1. The van der Waals surface area contributed by atoms with Crippen LogP contribution in [-0.2, 0) is 10.0 Å². The third-order valence-corrected chi connectivity index (χ3v) is 4.32. The van der Waals surface area contributed by atoms with Crippen LogP contribution in [0.5, 0.6) is 0 Å². The van der Waals surface area contributed by atoms with Gasteiger partial charge in [0.2, 0.25) is 10.0 Å². The smallest absolute Gasteiger partial charge is 0.241 e. The fourth-order valence-corrected chi connectivity index (χ4v) is 3.26. The standard InChI is InChI=1S/C10H13ClN2O3S.2ClH/c11-7-2-1-3-8(4-7)17(15,16)13-9-5-12-6-10(9)14;;/h1-4,9-10,12-14H,5-6H2;2*1H/t9-,10-;;/m1../s1. The van der Waals surface area contributed by atoms with Gasteiger partial charge in [-0.05, 0) is 18.2 Å². The molecule has 0 saturated carbocycles. The molecule has 0 bridgehead atoms. The summed E-state index contributed by atoms with van der Waals surface area (Å²) >= 11 is 5.74. The van der Waals surface area contributed by atoms with Crippen LogP contribution in [0.4, 0.5) is 0 Å². The number of sulfonamides is 1. The molecule has 1 aliphatic rings. The van der Waals surface area contributed by atoms with Crippen LogP contribution < -0.4 is 10.0 Å². The van der Waals surface area contributed by atoms with Crippen molar-refractivity contribution in [3.8, 4) is 0 Å². The molecule has 0 radical (unpaired) electrons. The predicted octanol–water partition coefficient (Wildman–Crippen LogP) is 0.795. The minimum Gasteiger partial charge on any atom is -0.390 e. The molecule has 0 amide bonds. The minimum atomic E-state index is -3.63. The second-order valence-corrected chi connectivity index (χ2v) is 6.06. The molecular weight excluding hydrogens is 335 g/mol. The molecule has 19 heavy (non-hydrogen) atoms. The third kappa shape index (κ3) is 4.75. The van der Waals surface area contributed by atoms with Gasteiger partial charge in [-0.2, -0.15) is 0 Å². The van der Waals surface area contributed by atoms with Gasteiger partial charge in [0, 0.05) is 18.1 Å². The predicted molar refractivity (Wildman–Crippen MR) is 78.9 cm³/mol. The number of halogens is 3. The van der Waals surface area contributed by atoms with Crippen molar-refractivity contribution < 1.29 is 13.5 Å². The van der Waals surface area contributed by atoms with Crippen LogP contribution in [0.2, 0.25) is 5.02 Å². The zero-order chi connectivity index (χ0) is 12.5. The summed E-state index contributed by atoms with van der Waals surface area (Å²) in [5.74, 6) is 0. The number of β-amino-alcohol motifs (C(OH)–C–C–N with tert-alkyl or cyclic N) is 1. The first-order valence-corrected chi connectivity index (χ1v) is 7.02. The maximum atomic E-state index is 12.0. The van der Waals surface area contributed by atoms with Crippen LogP contribution in [0.3, 0.4) is 0 Å². The molecule has 5 nitrogen and oxygen atoms in total. The fraction of sp³-hybridized carbons (Fsp3) is 0.400. The highest BCUT2D eigenvalue weighted by Crippen LogP contribution is 2.16. The summed E-state index contributed by atoms with van der Waals surface area (Å²) in [5.41, 5.74) is 0. The van der Waals surface area contributed by atoms with E-state index in [4.69, 9.17) is 11.6 Å². The fourth-order valence-electron chi connectivity index (χ4n) is 1.69. The van der Waals surface area contributed by atoms with Crippen molar-refractivity contribution in [3.63, 3.8) is 0 Å². The number of nitrogens with one attached hydrogen (secondary N) is 2. The summed E-state index contributed by atoms with van der Waals surface area (Å²) in [5, 5.41) is 12.8. The molecule has 0 aromatic heterocycles. The van der Waals surface area contributed by atoms with Gasteiger partial charge in [0.1, 0.15) is 0 Å². The lowest BCUT2D eigenvalue weighted by Gasteiger charge is -2.15. The maximum Gasteiger partial charge on any atom is 0.241 e. The summed E-state index contributed by atoms with van der Waals surface area (Å²) in [6.07, 6.45) is -0.705. The minimum absolute atomic E-state index is 0. The van der Waals surface area contributed by atoms with E-state index >= 15 is 0 Å². The molecule has 0 spiro atoms. The molecule has 110 valence electrons. The molecule has 1 saturated heterocycles. The van der Waals surface area contributed by atoms with Crippen LogP contribution in [-0.4, -0.2) is 38.8 Å². The van der Waals surface area contributed by atoms with E-state index in [1.54, 1.807) is 12.1 Å². The van der Waals surface area contributed by atoms with Crippen LogP contribution in [0.25, 0.3) is 0 Å². The van der Waals surface area contributed by atoms with E-state index in [1.165, 1.54) is 12.1 Å². The highest BCUT2D eigenvalue weighted by molar-refractivity contribution is 7.89. The highest BCUT2D eigenvalue weighted by Gasteiger charge is 2.29. The first-order chi connectivity index (χ1) is 7.99. The van der Waals surface area contributed by atoms with E-state index < -0.39 is 22.2 Å². The van der Waals surface area contributed by atoms with Crippen molar-refractivity contribution in [2.75, 3.05) is 13.1 Å². The zero-order valence-electron chi connectivity index (χ0n) is 9.74. The number of benzene rings is 1. The lowest BCUT2D eigenvalue weighted by Crippen LogP contribution is -2.42. The van der Waals surface area contributed by atoms with Gasteiger partial charge < -0.3 is 10.4 Å². The molecule has 3 N–H and O–H groups in total. The zero-order valence-corrected chi connectivity index (χ0v) is 13.0. The molecule has 9 heteroatoms. The summed E-state index contributed by atoms with van der Waals surface area (Å²) in [6, 6.07) is 5.51.